The van der Waals surface area contributed by atoms with Gasteiger partial charge in [-0.15, -0.1) is 0 Å². The Labute approximate surface area is 81.7 Å². The van der Waals surface area contributed by atoms with E-state index in [1.807, 2.05) is 13.8 Å². The molecule has 1 fully saturated rings. The van der Waals surface area contributed by atoms with Gasteiger partial charge in [-0.05, 0) is 32.6 Å². The predicted molar refractivity (Wildman–Crippen MR) is 55.7 cm³/mol. The molecular formula is C11H23NO. The van der Waals surface area contributed by atoms with Crippen LogP contribution in [0.2, 0.25) is 0 Å². The normalized spacial score (nSPS) is 30.5. The third-order valence-electron chi connectivity index (χ3n) is 2.91. The lowest BCUT2D eigenvalue weighted by molar-refractivity contribution is 0.0713. The quantitative estimate of drug-likeness (QED) is 0.704. The average Bonchev–Trinajstić information content (AvgIpc) is 2.01. The molecule has 2 nitrogen and oxygen atoms in total. The zero-order valence-electron chi connectivity index (χ0n) is 9.14. The van der Waals surface area contributed by atoms with Crippen molar-refractivity contribution < 1.29 is 5.11 Å². The van der Waals surface area contributed by atoms with E-state index in [2.05, 4.69) is 12.2 Å². The summed E-state index contributed by atoms with van der Waals surface area (Å²) in [4.78, 5) is 0. The predicted octanol–water partition coefficient (Wildman–Crippen LogP) is 1.93. The molecule has 0 aromatic heterocycles. The minimum absolute atomic E-state index is 0.572. The van der Waals surface area contributed by atoms with Gasteiger partial charge in [-0.25, -0.2) is 0 Å². The Bertz CT molecular complexity index is 151. The van der Waals surface area contributed by atoms with Crippen molar-refractivity contribution in [3.05, 3.63) is 0 Å². The largest absolute Gasteiger partial charge is 0.389 e. The Morgan fingerprint density at radius 3 is 2.46 bits per heavy atom. The van der Waals surface area contributed by atoms with E-state index in [0.717, 1.165) is 5.92 Å². The summed E-state index contributed by atoms with van der Waals surface area (Å²) in [6.45, 7) is 6.73. The third-order valence-corrected chi connectivity index (χ3v) is 2.91. The van der Waals surface area contributed by atoms with Crippen LogP contribution < -0.4 is 5.32 Å². The van der Waals surface area contributed by atoms with Crippen molar-refractivity contribution in [2.24, 2.45) is 5.92 Å². The maximum absolute atomic E-state index is 9.57. The lowest BCUT2D eigenvalue weighted by Crippen LogP contribution is -2.44. The first-order valence-electron chi connectivity index (χ1n) is 5.45. The van der Waals surface area contributed by atoms with Crippen LogP contribution in [0.5, 0.6) is 0 Å². The summed E-state index contributed by atoms with van der Waals surface area (Å²) in [5, 5.41) is 13.0. The van der Waals surface area contributed by atoms with Gasteiger partial charge in [0.1, 0.15) is 0 Å². The van der Waals surface area contributed by atoms with Crippen LogP contribution in [0.3, 0.4) is 0 Å². The van der Waals surface area contributed by atoms with E-state index in [9.17, 15) is 5.11 Å². The maximum atomic E-state index is 9.57. The molecule has 1 aliphatic rings. The fraction of sp³-hybridized carbons (Fsp3) is 1.00. The monoisotopic (exact) mass is 185 g/mol. The summed E-state index contributed by atoms with van der Waals surface area (Å²) in [5.74, 6) is 0.774. The van der Waals surface area contributed by atoms with Crippen LogP contribution in [0.4, 0.5) is 0 Å². The van der Waals surface area contributed by atoms with Crippen molar-refractivity contribution in [3.8, 4) is 0 Å². The number of rotatable bonds is 3. The smallest absolute Gasteiger partial charge is 0.0715 e. The number of hydrogen-bond donors (Lipinski definition) is 2. The van der Waals surface area contributed by atoms with Crippen molar-refractivity contribution >= 4 is 0 Å². The zero-order valence-corrected chi connectivity index (χ0v) is 9.14. The molecule has 0 radical (unpaired) electrons. The molecule has 0 bridgehead atoms. The molecule has 2 heteroatoms. The van der Waals surface area contributed by atoms with Crippen molar-refractivity contribution in [2.45, 2.75) is 58.1 Å². The highest BCUT2D eigenvalue weighted by Gasteiger charge is 2.22. The highest BCUT2D eigenvalue weighted by atomic mass is 16.3. The lowest BCUT2D eigenvalue weighted by atomic mass is 9.85. The minimum atomic E-state index is -0.572. The van der Waals surface area contributed by atoms with Crippen LogP contribution in [-0.2, 0) is 0 Å². The molecule has 0 heterocycles. The topological polar surface area (TPSA) is 32.3 Å². The summed E-state index contributed by atoms with van der Waals surface area (Å²) >= 11 is 0. The molecule has 0 aromatic carbocycles. The Kier molecular flexibility index (Phi) is 3.74. The SMILES string of the molecule is C[C@H]1CCCC[C@H]1NCC(C)(C)O. The summed E-state index contributed by atoms with van der Waals surface area (Å²) in [6.07, 6.45) is 5.33. The van der Waals surface area contributed by atoms with Gasteiger partial charge >= 0.3 is 0 Å². The van der Waals surface area contributed by atoms with Crippen LogP contribution in [0.25, 0.3) is 0 Å². The van der Waals surface area contributed by atoms with E-state index in [1.54, 1.807) is 0 Å². The fourth-order valence-electron chi connectivity index (χ4n) is 2.00. The van der Waals surface area contributed by atoms with Gasteiger partial charge < -0.3 is 10.4 Å². The Hall–Kier alpha value is -0.0800. The summed E-state index contributed by atoms with van der Waals surface area (Å²) in [7, 11) is 0. The Morgan fingerprint density at radius 2 is 1.92 bits per heavy atom. The van der Waals surface area contributed by atoms with Crippen molar-refractivity contribution in [1.29, 1.82) is 0 Å². The molecule has 1 saturated carbocycles. The van der Waals surface area contributed by atoms with Crippen LogP contribution >= 0.6 is 0 Å². The van der Waals surface area contributed by atoms with Gasteiger partial charge in [0.25, 0.3) is 0 Å². The molecule has 13 heavy (non-hydrogen) atoms. The van der Waals surface area contributed by atoms with Gasteiger partial charge in [0.2, 0.25) is 0 Å². The van der Waals surface area contributed by atoms with Crippen molar-refractivity contribution in [1.82, 2.24) is 5.32 Å². The summed E-state index contributed by atoms with van der Waals surface area (Å²) < 4.78 is 0. The number of aliphatic hydroxyl groups is 1. The molecule has 1 aliphatic carbocycles. The van der Waals surface area contributed by atoms with Crippen molar-refractivity contribution in [3.63, 3.8) is 0 Å². The van der Waals surface area contributed by atoms with Crippen LogP contribution in [-0.4, -0.2) is 23.3 Å². The standard InChI is InChI=1S/C11H23NO/c1-9-6-4-5-7-10(9)12-8-11(2,3)13/h9-10,12-13H,4-8H2,1-3H3/t9-,10+/m0/s1. The zero-order chi connectivity index (χ0) is 9.90. The fourth-order valence-corrected chi connectivity index (χ4v) is 2.00. The molecule has 78 valence electrons. The van der Waals surface area contributed by atoms with E-state index in [1.165, 1.54) is 25.7 Å². The van der Waals surface area contributed by atoms with Gasteiger partial charge in [-0.3, -0.25) is 0 Å². The maximum Gasteiger partial charge on any atom is 0.0715 e. The van der Waals surface area contributed by atoms with Gasteiger partial charge in [-0.2, -0.15) is 0 Å². The van der Waals surface area contributed by atoms with Crippen molar-refractivity contribution in [2.75, 3.05) is 6.54 Å². The van der Waals surface area contributed by atoms with Crippen LogP contribution in [0, 0.1) is 5.92 Å². The van der Waals surface area contributed by atoms with E-state index in [4.69, 9.17) is 0 Å². The second-order valence-corrected chi connectivity index (χ2v) is 5.06. The molecule has 0 aromatic rings. The number of hydrogen-bond acceptors (Lipinski definition) is 2. The lowest BCUT2D eigenvalue weighted by Gasteiger charge is -2.31. The summed E-state index contributed by atoms with van der Waals surface area (Å²) in [6, 6.07) is 0.625. The second-order valence-electron chi connectivity index (χ2n) is 5.06. The molecule has 2 atom stereocenters. The molecule has 0 aliphatic heterocycles. The van der Waals surface area contributed by atoms with Crippen LogP contribution in [0.15, 0.2) is 0 Å². The molecule has 0 amide bonds. The number of nitrogens with one attached hydrogen (secondary N) is 1. The van der Waals surface area contributed by atoms with E-state index in [0.29, 0.717) is 12.6 Å². The Morgan fingerprint density at radius 1 is 1.31 bits per heavy atom. The first-order valence-corrected chi connectivity index (χ1v) is 5.45. The molecule has 0 spiro atoms. The van der Waals surface area contributed by atoms with Gasteiger partial charge in [0.15, 0.2) is 0 Å². The van der Waals surface area contributed by atoms with E-state index < -0.39 is 5.60 Å². The van der Waals surface area contributed by atoms with Gasteiger partial charge in [-0.1, -0.05) is 19.8 Å². The van der Waals surface area contributed by atoms with E-state index in [-0.39, 0.29) is 0 Å². The van der Waals surface area contributed by atoms with Crippen LogP contribution in [0.1, 0.15) is 46.5 Å². The first-order chi connectivity index (χ1) is 5.99. The molecule has 2 N–H and O–H groups in total. The molecule has 1 rings (SSSR count). The first kappa shape index (κ1) is 11.0. The second kappa shape index (κ2) is 4.43. The third kappa shape index (κ3) is 4.10. The highest BCUT2D eigenvalue weighted by Crippen LogP contribution is 2.23. The summed E-state index contributed by atoms with van der Waals surface area (Å²) in [5.41, 5.74) is -0.572. The highest BCUT2D eigenvalue weighted by molar-refractivity contribution is 4.80. The average molecular weight is 185 g/mol. The van der Waals surface area contributed by atoms with E-state index >= 15 is 0 Å². The Balaban J connectivity index is 2.27. The minimum Gasteiger partial charge on any atom is -0.389 e. The van der Waals surface area contributed by atoms with Gasteiger partial charge in [0, 0.05) is 12.6 Å². The molecule has 0 saturated heterocycles. The molecular weight excluding hydrogens is 162 g/mol. The van der Waals surface area contributed by atoms with Gasteiger partial charge in [0.05, 0.1) is 5.60 Å². The molecule has 0 unspecified atom stereocenters.